The third kappa shape index (κ3) is 3.09. The normalized spacial score (nSPS) is 26.6. The van der Waals surface area contributed by atoms with E-state index in [9.17, 15) is 4.21 Å². The summed E-state index contributed by atoms with van der Waals surface area (Å²) in [4.78, 5) is 0.931. The molecule has 0 heterocycles. The van der Waals surface area contributed by atoms with E-state index in [1.54, 1.807) is 0 Å². The van der Waals surface area contributed by atoms with Crippen LogP contribution in [0.2, 0.25) is 0 Å². The second-order valence-corrected chi connectivity index (χ2v) is 6.66. The summed E-state index contributed by atoms with van der Waals surface area (Å²) in [6, 6.07) is 7.49. The summed E-state index contributed by atoms with van der Waals surface area (Å²) in [5.41, 5.74) is 6.39. The molecule has 17 heavy (non-hydrogen) atoms. The molecule has 3 heteroatoms. The van der Waals surface area contributed by atoms with Gasteiger partial charge in [-0.05, 0) is 43.0 Å². The van der Waals surface area contributed by atoms with E-state index >= 15 is 0 Å². The Balaban J connectivity index is 2.06. The smallest absolute Gasteiger partial charge is 0.0560 e. The molecule has 2 nitrogen and oxygen atoms in total. The van der Waals surface area contributed by atoms with Crippen LogP contribution >= 0.6 is 0 Å². The van der Waals surface area contributed by atoms with Crippen LogP contribution in [0.15, 0.2) is 29.2 Å². The van der Waals surface area contributed by atoms with Crippen molar-refractivity contribution in [2.24, 2.45) is 5.92 Å². The Morgan fingerprint density at radius 2 is 2.00 bits per heavy atom. The fourth-order valence-corrected chi connectivity index (χ4v) is 4.22. The van der Waals surface area contributed by atoms with Gasteiger partial charge in [-0.3, -0.25) is 4.21 Å². The Morgan fingerprint density at radius 3 is 2.65 bits per heavy atom. The molecule has 0 radical (unpaired) electrons. The summed E-state index contributed by atoms with van der Waals surface area (Å²) in [6.07, 6.45) is 5.98. The van der Waals surface area contributed by atoms with Crippen LogP contribution in [0.4, 0.5) is 5.69 Å². The van der Waals surface area contributed by atoms with Crippen molar-refractivity contribution in [1.29, 1.82) is 0 Å². The largest absolute Gasteiger partial charge is 0.399 e. The lowest BCUT2D eigenvalue weighted by atomic mass is 9.87. The zero-order chi connectivity index (χ0) is 12.3. The zero-order valence-corrected chi connectivity index (χ0v) is 11.2. The number of nitrogen functional groups attached to an aromatic ring is 1. The standard InChI is InChI=1S/C14H21NOS/c1-2-11-4-3-5-14(10-11)17(16)13-8-6-12(15)7-9-13/h6-9,11,14H,2-5,10,15H2,1H3. The second kappa shape index (κ2) is 5.67. The van der Waals surface area contributed by atoms with Gasteiger partial charge in [0.15, 0.2) is 0 Å². The van der Waals surface area contributed by atoms with Crippen LogP contribution in [0.3, 0.4) is 0 Å². The van der Waals surface area contributed by atoms with Crippen molar-refractivity contribution in [2.75, 3.05) is 5.73 Å². The molecule has 1 fully saturated rings. The van der Waals surface area contributed by atoms with E-state index in [4.69, 9.17) is 5.73 Å². The van der Waals surface area contributed by atoms with Crippen molar-refractivity contribution in [3.05, 3.63) is 24.3 Å². The first-order valence-corrected chi connectivity index (χ1v) is 7.68. The number of rotatable bonds is 3. The van der Waals surface area contributed by atoms with Crippen LogP contribution in [-0.2, 0) is 10.8 Å². The van der Waals surface area contributed by atoms with Gasteiger partial charge < -0.3 is 5.73 Å². The first kappa shape index (κ1) is 12.6. The van der Waals surface area contributed by atoms with Crippen molar-refractivity contribution in [3.63, 3.8) is 0 Å². The van der Waals surface area contributed by atoms with Crippen molar-refractivity contribution in [3.8, 4) is 0 Å². The van der Waals surface area contributed by atoms with Crippen LogP contribution in [0.1, 0.15) is 39.0 Å². The highest BCUT2D eigenvalue weighted by Gasteiger charge is 2.25. The highest BCUT2D eigenvalue weighted by molar-refractivity contribution is 7.85. The summed E-state index contributed by atoms with van der Waals surface area (Å²) in [5.74, 6) is 0.770. The van der Waals surface area contributed by atoms with Gasteiger partial charge >= 0.3 is 0 Å². The van der Waals surface area contributed by atoms with Gasteiger partial charge in [-0.2, -0.15) is 0 Å². The predicted octanol–water partition coefficient (Wildman–Crippen LogP) is 3.35. The quantitative estimate of drug-likeness (QED) is 0.837. The number of nitrogens with two attached hydrogens (primary N) is 1. The molecular formula is C14H21NOS. The number of hydrogen-bond donors (Lipinski definition) is 1. The second-order valence-electron chi connectivity index (χ2n) is 4.93. The fraction of sp³-hybridized carbons (Fsp3) is 0.571. The molecule has 1 aliphatic carbocycles. The molecule has 1 aliphatic rings. The minimum Gasteiger partial charge on any atom is -0.399 e. The molecule has 1 saturated carbocycles. The van der Waals surface area contributed by atoms with Gasteiger partial charge in [-0.1, -0.05) is 26.2 Å². The molecule has 0 aliphatic heterocycles. The van der Waals surface area contributed by atoms with Crippen molar-refractivity contribution in [1.82, 2.24) is 0 Å². The zero-order valence-electron chi connectivity index (χ0n) is 10.4. The molecule has 2 rings (SSSR count). The van der Waals surface area contributed by atoms with Crippen LogP contribution in [0.5, 0.6) is 0 Å². The summed E-state index contributed by atoms with van der Waals surface area (Å²) in [7, 11) is -0.856. The Hall–Kier alpha value is -0.830. The molecule has 0 amide bonds. The highest BCUT2D eigenvalue weighted by atomic mass is 32.2. The summed E-state index contributed by atoms with van der Waals surface area (Å²) >= 11 is 0. The van der Waals surface area contributed by atoms with Crippen molar-refractivity contribution in [2.45, 2.75) is 49.2 Å². The molecule has 94 valence electrons. The molecular weight excluding hydrogens is 230 g/mol. The maximum Gasteiger partial charge on any atom is 0.0560 e. The number of benzene rings is 1. The monoisotopic (exact) mass is 251 g/mol. The number of anilines is 1. The molecule has 2 N–H and O–H groups in total. The lowest BCUT2D eigenvalue weighted by Crippen LogP contribution is -2.24. The van der Waals surface area contributed by atoms with E-state index in [2.05, 4.69) is 6.92 Å². The Bertz CT molecular complexity index is 388. The maximum atomic E-state index is 12.4. The minimum atomic E-state index is -0.856. The first-order valence-electron chi connectivity index (χ1n) is 6.46. The molecule has 0 aromatic heterocycles. The molecule has 0 spiro atoms. The summed E-state index contributed by atoms with van der Waals surface area (Å²) in [5, 5.41) is 0.345. The van der Waals surface area contributed by atoms with E-state index in [1.165, 1.54) is 19.3 Å². The molecule has 3 atom stereocenters. The van der Waals surface area contributed by atoms with Crippen LogP contribution < -0.4 is 5.73 Å². The molecule has 1 aromatic rings. The molecule has 0 saturated heterocycles. The third-order valence-corrected chi connectivity index (χ3v) is 5.50. The SMILES string of the molecule is CCC1CCCC(S(=O)c2ccc(N)cc2)C1. The van der Waals surface area contributed by atoms with Gasteiger partial charge in [0.05, 0.1) is 10.8 Å². The van der Waals surface area contributed by atoms with Crippen LogP contribution in [0, 0.1) is 5.92 Å². The maximum absolute atomic E-state index is 12.4. The molecule has 3 unspecified atom stereocenters. The predicted molar refractivity (Wildman–Crippen MR) is 73.3 cm³/mol. The van der Waals surface area contributed by atoms with E-state index in [-0.39, 0.29) is 0 Å². The van der Waals surface area contributed by atoms with E-state index in [0.29, 0.717) is 5.25 Å². The van der Waals surface area contributed by atoms with Gasteiger partial charge in [0, 0.05) is 15.8 Å². The lowest BCUT2D eigenvalue weighted by molar-refractivity contribution is 0.353. The summed E-state index contributed by atoms with van der Waals surface area (Å²) < 4.78 is 12.4. The van der Waals surface area contributed by atoms with Crippen molar-refractivity contribution >= 4 is 16.5 Å². The lowest BCUT2D eigenvalue weighted by Gasteiger charge is -2.27. The van der Waals surface area contributed by atoms with Gasteiger partial charge in [0.25, 0.3) is 0 Å². The minimum absolute atomic E-state index is 0.345. The molecule has 0 bridgehead atoms. The van der Waals surface area contributed by atoms with Crippen molar-refractivity contribution < 1.29 is 4.21 Å². The topological polar surface area (TPSA) is 43.1 Å². The Kier molecular flexibility index (Phi) is 4.21. The summed E-state index contributed by atoms with van der Waals surface area (Å²) in [6.45, 7) is 2.24. The molecule has 1 aromatic carbocycles. The first-order chi connectivity index (χ1) is 8.20. The number of hydrogen-bond acceptors (Lipinski definition) is 2. The highest BCUT2D eigenvalue weighted by Crippen LogP contribution is 2.31. The fourth-order valence-electron chi connectivity index (χ4n) is 2.60. The van der Waals surface area contributed by atoms with Gasteiger partial charge in [0.2, 0.25) is 0 Å². The Morgan fingerprint density at radius 1 is 1.29 bits per heavy atom. The Labute approximate surface area is 106 Å². The van der Waals surface area contributed by atoms with Gasteiger partial charge in [0.1, 0.15) is 0 Å². The van der Waals surface area contributed by atoms with E-state index < -0.39 is 10.8 Å². The van der Waals surface area contributed by atoms with Crippen LogP contribution in [-0.4, -0.2) is 9.46 Å². The third-order valence-electron chi connectivity index (χ3n) is 3.73. The average molecular weight is 251 g/mol. The average Bonchev–Trinajstić information content (AvgIpc) is 2.39. The van der Waals surface area contributed by atoms with E-state index in [0.717, 1.165) is 29.3 Å². The van der Waals surface area contributed by atoms with Crippen LogP contribution in [0.25, 0.3) is 0 Å². The van der Waals surface area contributed by atoms with E-state index in [1.807, 2.05) is 24.3 Å². The van der Waals surface area contributed by atoms with Gasteiger partial charge in [-0.15, -0.1) is 0 Å². The van der Waals surface area contributed by atoms with Gasteiger partial charge in [-0.25, -0.2) is 0 Å².